The molecule has 1 aliphatic heterocycles. The summed E-state index contributed by atoms with van der Waals surface area (Å²) < 4.78 is 0. The van der Waals surface area contributed by atoms with Gasteiger partial charge >= 0.3 is 0 Å². The van der Waals surface area contributed by atoms with E-state index in [-0.39, 0.29) is 6.10 Å². The fourth-order valence-electron chi connectivity index (χ4n) is 3.18. The fraction of sp³-hybridized carbons (Fsp3) is 1.00. The van der Waals surface area contributed by atoms with Crippen LogP contribution in [0, 0.1) is 5.92 Å². The van der Waals surface area contributed by atoms with Gasteiger partial charge in [-0.3, -0.25) is 4.90 Å². The SMILES string of the molecule is CC(C)CC1(O)CN([C@@H]2CCC[C@H]2O)C1. The number of hydrogen-bond acceptors (Lipinski definition) is 3. The van der Waals surface area contributed by atoms with E-state index in [1.807, 2.05) is 0 Å². The lowest BCUT2D eigenvalue weighted by atomic mass is 9.84. The van der Waals surface area contributed by atoms with Crippen molar-refractivity contribution in [2.45, 2.75) is 57.3 Å². The van der Waals surface area contributed by atoms with Crippen LogP contribution < -0.4 is 0 Å². The van der Waals surface area contributed by atoms with Crippen LogP contribution in [0.2, 0.25) is 0 Å². The van der Waals surface area contributed by atoms with Gasteiger partial charge in [0.1, 0.15) is 0 Å². The van der Waals surface area contributed by atoms with Crippen LogP contribution in [0.25, 0.3) is 0 Å². The van der Waals surface area contributed by atoms with Gasteiger partial charge in [0.25, 0.3) is 0 Å². The average Bonchev–Trinajstić information content (AvgIpc) is 2.45. The van der Waals surface area contributed by atoms with E-state index in [4.69, 9.17) is 0 Å². The van der Waals surface area contributed by atoms with Crippen molar-refractivity contribution in [2.24, 2.45) is 5.92 Å². The van der Waals surface area contributed by atoms with Crippen molar-refractivity contribution in [3.05, 3.63) is 0 Å². The van der Waals surface area contributed by atoms with Crippen LogP contribution in [0.4, 0.5) is 0 Å². The summed E-state index contributed by atoms with van der Waals surface area (Å²) in [4.78, 5) is 2.25. The molecule has 0 aromatic rings. The Morgan fingerprint density at radius 3 is 2.47 bits per heavy atom. The van der Waals surface area contributed by atoms with E-state index in [0.717, 1.165) is 38.8 Å². The van der Waals surface area contributed by atoms with Crippen molar-refractivity contribution in [3.63, 3.8) is 0 Å². The zero-order valence-electron chi connectivity index (χ0n) is 9.82. The number of nitrogens with zero attached hydrogens (tertiary/aromatic N) is 1. The lowest BCUT2D eigenvalue weighted by Crippen LogP contribution is -2.66. The molecule has 1 saturated heterocycles. The third-order valence-corrected chi connectivity index (χ3v) is 3.70. The van der Waals surface area contributed by atoms with Crippen LogP contribution in [0.3, 0.4) is 0 Å². The second kappa shape index (κ2) is 4.04. The molecule has 1 saturated carbocycles. The van der Waals surface area contributed by atoms with E-state index in [1.54, 1.807) is 0 Å². The monoisotopic (exact) mass is 213 g/mol. The van der Waals surface area contributed by atoms with Gasteiger partial charge in [0.15, 0.2) is 0 Å². The van der Waals surface area contributed by atoms with Gasteiger partial charge in [-0.1, -0.05) is 13.8 Å². The molecule has 88 valence electrons. The Kier molecular flexibility index (Phi) is 3.06. The van der Waals surface area contributed by atoms with E-state index in [2.05, 4.69) is 18.7 Å². The summed E-state index contributed by atoms with van der Waals surface area (Å²) >= 11 is 0. The first-order valence-corrected chi connectivity index (χ1v) is 6.15. The highest BCUT2D eigenvalue weighted by Gasteiger charge is 2.46. The summed E-state index contributed by atoms with van der Waals surface area (Å²) in [5.41, 5.74) is -0.476. The molecule has 1 heterocycles. The minimum Gasteiger partial charge on any atom is -0.391 e. The molecule has 0 bridgehead atoms. The molecular formula is C12H23NO2. The van der Waals surface area contributed by atoms with E-state index >= 15 is 0 Å². The Morgan fingerprint density at radius 1 is 1.33 bits per heavy atom. The van der Waals surface area contributed by atoms with Crippen molar-refractivity contribution >= 4 is 0 Å². The van der Waals surface area contributed by atoms with Crippen molar-refractivity contribution in [1.29, 1.82) is 0 Å². The summed E-state index contributed by atoms with van der Waals surface area (Å²) in [5.74, 6) is 0.547. The van der Waals surface area contributed by atoms with Gasteiger partial charge < -0.3 is 10.2 Å². The van der Waals surface area contributed by atoms with Crippen LogP contribution in [-0.4, -0.2) is 45.9 Å². The molecule has 2 fully saturated rings. The first kappa shape index (κ1) is 11.4. The van der Waals surface area contributed by atoms with E-state index in [0.29, 0.717) is 12.0 Å². The maximum absolute atomic E-state index is 10.2. The molecule has 0 unspecified atom stereocenters. The standard InChI is InChI=1S/C12H23NO2/c1-9(2)6-12(15)7-13(8-12)10-4-3-5-11(10)14/h9-11,14-15H,3-8H2,1-2H3/t10-,11-/m1/s1. The third-order valence-electron chi connectivity index (χ3n) is 3.70. The zero-order chi connectivity index (χ0) is 11.1. The summed E-state index contributed by atoms with van der Waals surface area (Å²) in [6.07, 6.45) is 3.88. The second-order valence-corrected chi connectivity index (χ2v) is 5.79. The molecule has 0 aromatic carbocycles. The second-order valence-electron chi connectivity index (χ2n) is 5.79. The minimum absolute atomic E-state index is 0.159. The predicted molar refractivity (Wildman–Crippen MR) is 59.6 cm³/mol. The quantitative estimate of drug-likeness (QED) is 0.735. The van der Waals surface area contributed by atoms with Crippen LogP contribution in [0.15, 0.2) is 0 Å². The summed E-state index contributed by atoms with van der Waals surface area (Å²) in [5, 5.41) is 19.9. The van der Waals surface area contributed by atoms with E-state index in [9.17, 15) is 10.2 Å². The molecule has 0 aromatic heterocycles. The highest BCUT2D eigenvalue weighted by atomic mass is 16.3. The molecule has 2 atom stereocenters. The van der Waals surface area contributed by atoms with Gasteiger partial charge in [0.05, 0.1) is 11.7 Å². The maximum atomic E-state index is 10.2. The first-order chi connectivity index (χ1) is 7.00. The molecule has 2 rings (SSSR count). The molecule has 0 amide bonds. The number of aliphatic hydroxyl groups is 2. The normalized spacial score (nSPS) is 35.8. The molecule has 2 N–H and O–H groups in total. The Morgan fingerprint density at radius 2 is 2.00 bits per heavy atom. The number of β-amino-alcohol motifs (C(OH)–C–C–N with tert-alkyl or cyclic N) is 1. The Bertz CT molecular complexity index is 224. The summed E-state index contributed by atoms with van der Waals surface area (Å²) in [6.45, 7) is 5.80. The summed E-state index contributed by atoms with van der Waals surface area (Å²) in [6, 6.07) is 0.317. The van der Waals surface area contributed by atoms with Gasteiger partial charge in [-0.15, -0.1) is 0 Å². The topological polar surface area (TPSA) is 43.7 Å². The van der Waals surface area contributed by atoms with Crippen LogP contribution >= 0.6 is 0 Å². The Balaban J connectivity index is 1.81. The largest absolute Gasteiger partial charge is 0.391 e. The van der Waals surface area contributed by atoms with Gasteiger partial charge in [-0.2, -0.15) is 0 Å². The van der Waals surface area contributed by atoms with Gasteiger partial charge in [0, 0.05) is 19.1 Å². The average molecular weight is 213 g/mol. The number of likely N-dealkylation sites (tertiary alicyclic amines) is 1. The fourth-order valence-corrected chi connectivity index (χ4v) is 3.18. The highest BCUT2D eigenvalue weighted by Crippen LogP contribution is 2.34. The van der Waals surface area contributed by atoms with Crippen LogP contribution in [0.5, 0.6) is 0 Å². The Hall–Kier alpha value is -0.120. The smallest absolute Gasteiger partial charge is 0.0902 e. The van der Waals surface area contributed by atoms with Crippen molar-refractivity contribution in [3.8, 4) is 0 Å². The van der Waals surface area contributed by atoms with Crippen molar-refractivity contribution in [1.82, 2.24) is 4.90 Å². The van der Waals surface area contributed by atoms with Crippen LogP contribution in [0.1, 0.15) is 39.5 Å². The predicted octanol–water partition coefficient (Wildman–Crippen LogP) is 0.993. The molecule has 3 heteroatoms. The highest BCUT2D eigenvalue weighted by molar-refractivity contribution is 5.01. The first-order valence-electron chi connectivity index (χ1n) is 6.15. The molecule has 0 radical (unpaired) electrons. The lowest BCUT2D eigenvalue weighted by molar-refractivity contribution is -0.136. The van der Waals surface area contributed by atoms with Crippen LogP contribution in [-0.2, 0) is 0 Å². The minimum atomic E-state index is -0.476. The molecular weight excluding hydrogens is 190 g/mol. The molecule has 15 heavy (non-hydrogen) atoms. The number of hydrogen-bond donors (Lipinski definition) is 2. The molecule has 1 aliphatic carbocycles. The summed E-state index contributed by atoms with van der Waals surface area (Å²) in [7, 11) is 0. The maximum Gasteiger partial charge on any atom is 0.0902 e. The van der Waals surface area contributed by atoms with Crippen molar-refractivity contribution in [2.75, 3.05) is 13.1 Å². The van der Waals surface area contributed by atoms with Gasteiger partial charge in [0.2, 0.25) is 0 Å². The zero-order valence-corrected chi connectivity index (χ0v) is 9.82. The van der Waals surface area contributed by atoms with Crippen molar-refractivity contribution < 1.29 is 10.2 Å². The molecule has 2 aliphatic rings. The van der Waals surface area contributed by atoms with E-state index < -0.39 is 5.60 Å². The van der Waals surface area contributed by atoms with E-state index in [1.165, 1.54) is 0 Å². The van der Waals surface area contributed by atoms with Gasteiger partial charge in [-0.25, -0.2) is 0 Å². The number of aliphatic hydroxyl groups excluding tert-OH is 1. The molecule has 3 nitrogen and oxygen atoms in total. The lowest BCUT2D eigenvalue weighted by Gasteiger charge is -2.51. The Labute approximate surface area is 92.1 Å². The van der Waals surface area contributed by atoms with Gasteiger partial charge in [-0.05, 0) is 31.6 Å². The third kappa shape index (κ3) is 2.35. The number of rotatable bonds is 3. The molecule has 0 spiro atoms.